The number of nitrogen functional groups attached to an aromatic ring is 1. The van der Waals surface area contributed by atoms with E-state index in [4.69, 9.17) is 11.0 Å². The van der Waals surface area contributed by atoms with Gasteiger partial charge in [0.25, 0.3) is 5.91 Å². The molecule has 1 rings (SSSR count). The standard InChI is InChI=1S/C12H18N4OS/c1-4-5-6-15-11-8(7-13)9(14)10(18-11)12(17)16(2)3/h15H,4-6,14H2,1-3H3. The van der Waals surface area contributed by atoms with E-state index in [0.29, 0.717) is 15.4 Å². The maximum Gasteiger partial charge on any atom is 0.265 e. The second kappa shape index (κ2) is 6.26. The van der Waals surface area contributed by atoms with E-state index in [1.807, 2.05) is 0 Å². The Balaban J connectivity index is 3.02. The summed E-state index contributed by atoms with van der Waals surface area (Å²) in [5.41, 5.74) is 6.51. The van der Waals surface area contributed by atoms with Gasteiger partial charge >= 0.3 is 0 Å². The van der Waals surface area contributed by atoms with Gasteiger partial charge in [-0.1, -0.05) is 13.3 Å². The van der Waals surface area contributed by atoms with E-state index in [2.05, 4.69) is 18.3 Å². The van der Waals surface area contributed by atoms with Gasteiger partial charge in [-0.3, -0.25) is 4.79 Å². The van der Waals surface area contributed by atoms with Crippen molar-refractivity contribution in [2.45, 2.75) is 19.8 Å². The van der Waals surface area contributed by atoms with Gasteiger partial charge < -0.3 is 16.0 Å². The molecular formula is C12H18N4OS. The highest BCUT2D eigenvalue weighted by Gasteiger charge is 2.21. The van der Waals surface area contributed by atoms with Crippen molar-refractivity contribution in [2.75, 3.05) is 31.7 Å². The van der Waals surface area contributed by atoms with Crippen LogP contribution < -0.4 is 11.1 Å². The van der Waals surface area contributed by atoms with E-state index in [0.717, 1.165) is 19.4 Å². The number of nitriles is 1. The molecule has 0 spiro atoms. The molecule has 0 aliphatic heterocycles. The van der Waals surface area contributed by atoms with Crippen molar-refractivity contribution in [1.82, 2.24) is 4.90 Å². The van der Waals surface area contributed by atoms with Gasteiger partial charge in [-0.25, -0.2) is 0 Å². The summed E-state index contributed by atoms with van der Waals surface area (Å²) in [4.78, 5) is 13.8. The van der Waals surface area contributed by atoms with E-state index >= 15 is 0 Å². The lowest BCUT2D eigenvalue weighted by Crippen LogP contribution is -2.21. The molecule has 98 valence electrons. The lowest BCUT2D eigenvalue weighted by atomic mass is 10.2. The summed E-state index contributed by atoms with van der Waals surface area (Å²) in [6.07, 6.45) is 2.08. The molecule has 1 aromatic heterocycles. The Morgan fingerprint density at radius 3 is 2.72 bits per heavy atom. The van der Waals surface area contributed by atoms with Crippen molar-refractivity contribution in [3.05, 3.63) is 10.4 Å². The Kier molecular flexibility index (Phi) is 4.98. The first-order valence-corrected chi connectivity index (χ1v) is 6.62. The molecule has 0 saturated heterocycles. The topological polar surface area (TPSA) is 82.2 Å². The summed E-state index contributed by atoms with van der Waals surface area (Å²) in [6, 6.07) is 2.06. The van der Waals surface area contributed by atoms with Crippen LogP contribution in [0.5, 0.6) is 0 Å². The largest absolute Gasteiger partial charge is 0.396 e. The average Bonchev–Trinajstić information content (AvgIpc) is 2.65. The van der Waals surface area contributed by atoms with E-state index in [-0.39, 0.29) is 11.6 Å². The molecule has 1 amide bonds. The van der Waals surface area contributed by atoms with Crippen molar-refractivity contribution >= 4 is 27.9 Å². The monoisotopic (exact) mass is 266 g/mol. The van der Waals surface area contributed by atoms with Gasteiger partial charge in [0.05, 0.1) is 5.69 Å². The number of unbranched alkanes of at least 4 members (excludes halogenated alkanes) is 1. The van der Waals surface area contributed by atoms with E-state index in [1.165, 1.54) is 16.2 Å². The summed E-state index contributed by atoms with van der Waals surface area (Å²) < 4.78 is 0. The van der Waals surface area contributed by atoms with Gasteiger partial charge in [-0.15, -0.1) is 11.3 Å². The number of rotatable bonds is 5. The van der Waals surface area contributed by atoms with Crippen LogP contribution in [0.4, 0.5) is 10.7 Å². The molecule has 0 unspecified atom stereocenters. The quantitative estimate of drug-likeness (QED) is 0.800. The highest BCUT2D eigenvalue weighted by Crippen LogP contribution is 2.35. The maximum absolute atomic E-state index is 11.9. The Hall–Kier alpha value is -1.74. The number of amides is 1. The van der Waals surface area contributed by atoms with Crippen LogP contribution in [0.3, 0.4) is 0 Å². The van der Waals surface area contributed by atoms with Crippen molar-refractivity contribution < 1.29 is 4.79 Å². The zero-order valence-corrected chi connectivity index (χ0v) is 11.7. The third-order valence-electron chi connectivity index (χ3n) is 2.47. The minimum atomic E-state index is -0.169. The fourth-order valence-corrected chi connectivity index (χ4v) is 2.54. The molecule has 1 heterocycles. The van der Waals surface area contributed by atoms with Crippen LogP contribution in [0.25, 0.3) is 0 Å². The minimum absolute atomic E-state index is 0.169. The Bertz CT molecular complexity index is 473. The van der Waals surface area contributed by atoms with Gasteiger partial charge in [0.15, 0.2) is 0 Å². The molecule has 5 nitrogen and oxygen atoms in total. The van der Waals surface area contributed by atoms with Crippen LogP contribution in [-0.4, -0.2) is 31.4 Å². The summed E-state index contributed by atoms with van der Waals surface area (Å²) in [5, 5.41) is 13.0. The van der Waals surface area contributed by atoms with E-state index < -0.39 is 0 Å². The van der Waals surface area contributed by atoms with E-state index in [1.54, 1.807) is 14.1 Å². The highest BCUT2D eigenvalue weighted by molar-refractivity contribution is 7.18. The number of nitrogens with zero attached hydrogens (tertiary/aromatic N) is 2. The lowest BCUT2D eigenvalue weighted by Gasteiger charge is -2.08. The number of thiophene rings is 1. The summed E-state index contributed by atoms with van der Waals surface area (Å²) in [5.74, 6) is -0.169. The number of anilines is 2. The van der Waals surface area contributed by atoms with Crippen LogP contribution in [0.15, 0.2) is 0 Å². The number of nitrogens with one attached hydrogen (secondary N) is 1. The van der Waals surface area contributed by atoms with Crippen molar-refractivity contribution in [2.24, 2.45) is 0 Å². The molecule has 0 radical (unpaired) electrons. The first-order valence-electron chi connectivity index (χ1n) is 5.80. The average molecular weight is 266 g/mol. The van der Waals surface area contributed by atoms with Gasteiger partial charge in [0.1, 0.15) is 21.5 Å². The molecule has 0 aliphatic carbocycles. The minimum Gasteiger partial charge on any atom is -0.396 e. The third kappa shape index (κ3) is 2.93. The van der Waals surface area contributed by atoms with Crippen LogP contribution in [0.2, 0.25) is 0 Å². The highest BCUT2D eigenvalue weighted by atomic mass is 32.1. The zero-order valence-electron chi connectivity index (χ0n) is 10.9. The van der Waals surface area contributed by atoms with Crippen molar-refractivity contribution in [3.63, 3.8) is 0 Å². The number of hydrogen-bond acceptors (Lipinski definition) is 5. The molecule has 18 heavy (non-hydrogen) atoms. The summed E-state index contributed by atoms with van der Waals surface area (Å²) in [7, 11) is 3.33. The molecule has 0 fully saturated rings. The maximum atomic E-state index is 11.9. The molecule has 0 aliphatic rings. The Labute approximate surface area is 111 Å². The van der Waals surface area contributed by atoms with Crippen LogP contribution in [0, 0.1) is 11.3 Å². The number of nitrogens with two attached hydrogens (primary N) is 1. The molecule has 3 N–H and O–H groups in total. The molecule has 0 aromatic carbocycles. The number of carbonyl (C=O) groups is 1. The zero-order chi connectivity index (χ0) is 13.7. The second-order valence-corrected chi connectivity index (χ2v) is 5.16. The predicted molar refractivity (Wildman–Crippen MR) is 74.9 cm³/mol. The van der Waals surface area contributed by atoms with E-state index in [9.17, 15) is 4.79 Å². The Morgan fingerprint density at radius 1 is 1.56 bits per heavy atom. The fourth-order valence-electron chi connectivity index (χ4n) is 1.42. The summed E-state index contributed by atoms with van der Waals surface area (Å²) >= 11 is 1.25. The van der Waals surface area contributed by atoms with Crippen LogP contribution in [-0.2, 0) is 0 Å². The third-order valence-corrected chi connectivity index (χ3v) is 3.62. The van der Waals surface area contributed by atoms with Gasteiger partial charge in [-0.2, -0.15) is 5.26 Å². The molecular weight excluding hydrogens is 248 g/mol. The normalized spacial score (nSPS) is 9.89. The fraction of sp³-hybridized carbons (Fsp3) is 0.500. The van der Waals surface area contributed by atoms with Gasteiger partial charge in [-0.05, 0) is 6.42 Å². The van der Waals surface area contributed by atoms with Crippen molar-refractivity contribution in [1.29, 1.82) is 5.26 Å². The van der Waals surface area contributed by atoms with Gasteiger partial charge in [0.2, 0.25) is 0 Å². The summed E-state index contributed by atoms with van der Waals surface area (Å²) in [6.45, 7) is 2.87. The SMILES string of the molecule is CCCCNc1sc(C(=O)N(C)C)c(N)c1C#N. The van der Waals surface area contributed by atoms with Crippen molar-refractivity contribution in [3.8, 4) is 6.07 Å². The molecule has 6 heteroatoms. The predicted octanol–water partition coefficient (Wildman–Crippen LogP) is 2.12. The molecule has 0 atom stereocenters. The molecule has 0 saturated carbocycles. The first-order chi connectivity index (χ1) is 8.52. The smallest absolute Gasteiger partial charge is 0.265 e. The first kappa shape index (κ1) is 14.3. The van der Waals surface area contributed by atoms with Gasteiger partial charge in [0, 0.05) is 20.6 Å². The second-order valence-electron chi connectivity index (χ2n) is 4.14. The molecule has 1 aromatic rings. The number of hydrogen-bond donors (Lipinski definition) is 2. The lowest BCUT2D eigenvalue weighted by molar-refractivity contribution is 0.0833. The molecule has 0 bridgehead atoms. The van der Waals surface area contributed by atoms with Crippen LogP contribution in [0.1, 0.15) is 35.0 Å². The van der Waals surface area contributed by atoms with Crippen LogP contribution >= 0.6 is 11.3 Å². The number of carbonyl (C=O) groups excluding carboxylic acids is 1. The Morgan fingerprint density at radius 2 is 2.22 bits per heavy atom.